The van der Waals surface area contributed by atoms with Gasteiger partial charge in [-0.1, -0.05) is 0 Å². The number of anilines is 1. The molecule has 2 rings (SSSR count). The SMILES string of the molecule is Cc1cc(NCc2cnccc2C)c([N+](=O)[O-])cc1C. The molecule has 1 heterocycles. The lowest BCUT2D eigenvalue weighted by Gasteiger charge is -2.11. The summed E-state index contributed by atoms with van der Waals surface area (Å²) >= 11 is 0. The van der Waals surface area contributed by atoms with Crippen LogP contribution in [0.3, 0.4) is 0 Å². The number of hydrogen-bond acceptors (Lipinski definition) is 4. The maximum Gasteiger partial charge on any atom is 0.292 e. The van der Waals surface area contributed by atoms with Gasteiger partial charge in [-0.25, -0.2) is 0 Å². The largest absolute Gasteiger partial charge is 0.375 e. The first-order valence-electron chi connectivity index (χ1n) is 6.38. The van der Waals surface area contributed by atoms with E-state index in [1.807, 2.05) is 32.9 Å². The Hall–Kier alpha value is -2.43. The van der Waals surface area contributed by atoms with E-state index in [0.717, 1.165) is 22.3 Å². The zero-order valence-corrected chi connectivity index (χ0v) is 11.8. The van der Waals surface area contributed by atoms with Crippen LogP contribution in [0.25, 0.3) is 0 Å². The van der Waals surface area contributed by atoms with Crippen molar-refractivity contribution < 1.29 is 4.92 Å². The maximum atomic E-state index is 11.1. The Morgan fingerprint density at radius 2 is 1.90 bits per heavy atom. The second-order valence-corrected chi connectivity index (χ2v) is 4.87. The van der Waals surface area contributed by atoms with Crippen LogP contribution in [-0.4, -0.2) is 9.91 Å². The van der Waals surface area contributed by atoms with Crippen LogP contribution in [0.1, 0.15) is 22.3 Å². The van der Waals surface area contributed by atoms with Crippen molar-refractivity contribution in [3.8, 4) is 0 Å². The summed E-state index contributed by atoms with van der Waals surface area (Å²) in [6.45, 7) is 6.33. The lowest BCUT2D eigenvalue weighted by atomic mass is 10.1. The predicted molar refractivity (Wildman–Crippen MR) is 78.9 cm³/mol. The van der Waals surface area contributed by atoms with Crippen LogP contribution in [-0.2, 0) is 6.54 Å². The number of benzene rings is 1. The van der Waals surface area contributed by atoms with Crippen molar-refractivity contribution in [2.45, 2.75) is 27.3 Å². The van der Waals surface area contributed by atoms with Gasteiger partial charge in [0.05, 0.1) is 4.92 Å². The third kappa shape index (κ3) is 2.93. The smallest absolute Gasteiger partial charge is 0.292 e. The summed E-state index contributed by atoms with van der Waals surface area (Å²) in [5, 5.41) is 14.3. The number of nitrogens with zero attached hydrogens (tertiary/aromatic N) is 2. The van der Waals surface area contributed by atoms with Crippen molar-refractivity contribution in [2.75, 3.05) is 5.32 Å². The molecule has 0 aliphatic rings. The monoisotopic (exact) mass is 271 g/mol. The quantitative estimate of drug-likeness (QED) is 0.682. The lowest BCUT2D eigenvalue weighted by molar-refractivity contribution is -0.384. The van der Waals surface area contributed by atoms with Crippen LogP contribution in [0.15, 0.2) is 30.6 Å². The molecule has 0 saturated carbocycles. The molecular formula is C15H17N3O2. The van der Waals surface area contributed by atoms with Gasteiger partial charge >= 0.3 is 0 Å². The summed E-state index contributed by atoms with van der Waals surface area (Å²) in [6.07, 6.45) is 3.51. The van der Waals surface area contributed by atoms with E-state index in [-0.39, 0.29) is 10.6 Å². The first-order valence-corrected chi connectivity index (χ1v) is 6.38. The van der Waals surface area contributed by atoms with E-state index in [1.54, 1.807) is 18.5 Å². The van der Waals surface area contributed by atoms with Gasteiger partial charge < -0.3 is 5.32 Å². The van der Waals surface area contributed by atoms with Gasteiger partial charge in [0.15, 0.2) is 0 Å². The molecule has 1 N–H and O–H groups in total. The molecule has 0 aliphatic heterocycles. The molecular weight excluding hydrogens is 254 g/mol. The number of aryl methyl sites for hydroxylation is 3. The van der Waals surface area contributed by atoms with Gasteiger partial charge in [0.25, 0.3) is 5.69 Å². The van der Waals surface area contributed by atoms with E-state index < -0.39 is 0 Å². The summed E-state index contributed by atoms with van der Waals surface area (Å²) in [5.41, 5.74) is 4.73. The number of nitro benzene ring substituents is 1. The molecule has 104 valence electrons. The Morgan fingerprint density at radius 1 is 1.20 bits per heavy atom. The highest BCUT2D eigenvalue weighted by atomic mass is 16.6. The third-order valence-corrected chi connectivity index (χ3v) is 3.43. The van der Waals surface area contributed by atoms with Gasteiger partial charge in [0.2, 0.25) is 0 Å². The molecule has 2 aromatic rings. The summed E-state index contributed by atoms with van der Waals surface area (Å²) < 4.78 is 0. The lowest BCUT2D eigenvalue weighted by Crippen LogP contribution is -2.05. The Labute approximate surface area is 117 Å². The van der Waals surface area contributed by atoms with Gasteiger partial charge in [-0.3, -0.25) is 15.1 Å². The van der Waals surface area contributed by atoms with Crippen molar-refractivity contribution in [2.24, 2.45) is 0 Å². The van der Waals surface area contributed by atoms with E-state index >= 15 is 0 Å². The standard InChI is InChI=1S/C15H17N3O2/c1-10-4-5-16-8-13(10)9-17-14-6-11(2)12(3)7-15(14)18(19)20/h4-8,17H,9H2,1-3H3. The molecule has 5 heteroatoms. The average molecular weight is 271 g/mol. The first-order chi connectivity index (χ1) is 9.49. The third-order valence-electron chi connectivity index (χ3n) is 3.43. The highest BCUT2D eigenvalue weighted by Gasteiger charge is 2.15. The summed E-state index contributed by atoms with van der Waals surface area (Å²) in [4.78, 5) is 14.8. The molecule has 5 nitrogen and oxygen atoms in total. The van der Waals surface area contributed by atoms with Gasteiger partial charge in [0, 0.05) is 25.0 Å². The number of rotatable bonds is 4. The normalized spacial score (nSPS) is 10.3. The molecule has 0 amide bonds. The topological polar surface area (TPSA) is 68.1 Å². The van der Waals surface area contributed by atoms with Crippen molar-refractivity contribution in [3.63, 3.8) is 0 Å². The predicted octanol–water partition coefficient (Wildman–Crippen LogP) is 3.53. The second kappa shape index (κ2) is 5.69. The zero-order valence-electron chi connectivity index (χ0n) is 11.8. The Kier molecular flexibility index (Phi) is 3.98. The fourth-order valence-electron chi connectivity index (χ4n) is 1.97. The Balaban J connectivity index is 2.27. The molecule has 20 heavy (non-hydrogen) atoms. The van der Waals surface area contributed by atoms with Crippen molar-refractivity contribution in [1.29, 1.82) is 0 Å². The van der Waals surface area contributed by atoms with Crippen LogP contribution in [0.5, 0.6) is 0 Å². The molecule has 0 saturated heterocycles. The number of aromatic nitrogens is 1. The maximum absolute atomic E-state index is 11.1. The van der Waals surface area contributed by atoms with Crippen LogP contribution < -0.4 is 5.32 Å². The Bertz CT molecular complexity index is 654. The Morgan fingerprint density at radius 3 is 2.55 bits per heavy atom. The van der Waals surface area contributed by atoms with Crippen molar-refractivity contribution >= 4 is 11.4 Å². The van der Waals surface area contributed by atoms with Crippen molar-refractivity contribution in [1.82, 2.24) is 4.98 Å². The van der Waals surface area contributed by atoms with E-state index in [9.17, 15) is 10.1 Å². The van der Waals surface area contributed by atoms with Crippen LogP contribution in [0.2, 0.25) is 0 Å². The molecule has 1 aromatic carbocycles. The minimum atomic E-state index is -0.356. The summed E-state index contributed by atoms with van der Waals surface area (Å²) in [5.74, 6) is 0. The number of pyridine rings is 1. The molecule has 0 atom stereocenters. The van der Waals surface area contributed by atoms with Crippen LogP contribution >= 0.6 is 0 Å². The van der Waals surface area contributed by atoms with Gasteiger partial charge in [-0.15, -0.1) is 0 Å². The molecule has 0 spiro atoms. The molecule has 0 fully saturated rings. The first kappa shape index (κ1) is 14.0. The molecule has 0 bridgehead atoms. The average Bonchev–Trinajstić information content (AvgIpc) is 2.41. The minimum absolute atomic E-state index is 0.106. The molecule has 0 aliphatic carbocycles. The number of nitro groups is 1. The van der Waals surface area contributed by atoms with Gasteiger partial charge in [-0.2, -0.15) is 0 Å². The molecule has 0 radical (unpaired) electrons. The highest BCUT2D eigenvalue weighted by Crippen LogP contribution is 2.28. The van der Waals surface area contributed by atoms with E-state index in [4.69, 9.17) is 0 Å². The van der Waals surface area contributed by atoms with Crippen LogP contribution in [0.4, 0.5) is 11.4 Å². The number of hydrogen-bond donors (Lipinski definition) is 1. The number of nitrogens with one attached hydrogen (secondary N) is 1. The van der Waals surface area contributed by atoms with Gasteiger partial charge in [-0.05, 0) is 55.2 Å². The van der Waals surface area contributed by atoms with Crippen LogP contribution in [0, 0.1) is 30.9 Å². The van der Waals surface area contributed by atoms with Gasteiger partial charge in [0.1, 0.15) is 5.69 Å². The molecule has 0 unspecified atom stereocenters. The summed E-state index contributed by atoms with van der Waals surface area (Å²) in [7, 11) is 0. The van der Waals surface area contributed by atoms with E-state index in [0.29, 0.717) is 12.2 Å². The fraction of sp³-hybridized carbons (Fsp3) is 0.267. The van der Waals surface area contributed by atoms with E-state index in [1.165, 1.54) is 0 Å². The zero-order chi connectivity index (χ0) is 14.7. The fourth-order valence-corrected chi connectivity index (χ4v) is 1.97. The van der Waals surface area contributed by atoms with E-state index in [2.05, 4.69) is 10.3 Å². The second-order valence-electron chi connectivity index (χ2n) is 4.87. The molecule has 1 aromatic heterocycles. The minimum Gasteiger partial charge on any atom is -0.375 e. The summed E-state index contributed by atoms with van der Waals surface area (Å²) in [6, 6.07) is 5.35. The van der Waals surface area contributed by atoms with Crippen molar-refractivity contribution in [3.05, 3.63) is 63.0 Å². The highest BCUT2D eigenvalue weighted by molar-refractivity contribution is 5.64.